The van der Waals surface area contributed by atoms with Crippen LogP contribution in [0.25, 0.3) is 10.9 Å². The smallest absolute Gasteiger partial charge is 0.250 e. The summed E-state index contributed by atoms with van der Waals surface area (Å²) in [6.45, 7) is 2.22. The molecule has 0 atom stereocenters. The van der Waals surface area contributed by atoms with Crippen LogP contribution >= 0.6 is 0 Å². The Bertz CT molecular complexity index is 1150. The number of nitrogens with zero attached hydrogens (tertiary/aromatic N) is 2. The number of aromatic nitrogens is 1. The monoisotopic (exact) mass is 423 g/mol. The number of benzene rings is 3. The third-order valence-electron chi connectivity index (χ3n) is 6.66. The van der Waals surface area contributed by atoms with Crippen molar-refractivity contribution in [3.63, 3.8) is 0 Å². The Morgan fingerprint density at radius 1 is 0.844 bits per heavy atom. The molecule has 0 bridgehead atoms. The van der Waals surface area contributed by atoms with Crippen molar-refractivity contribution in [3.8, 4) is 0 Å². The highest BCUT2D eigenvalue weighted by molar-refractivity contribution is 5.95. The number of amides is 1. The summed E-state index contributed by atoms with van der Waals surface area (Å²) in [7, 11) is 2.19. The minimum Gasteiger partial charge on any atom is -0.306 e. The summed E-state index contributed by atoms with van der Waals surface area (Å²) in [6, 6.07) is 28.4. The SMILES string of the molecule is CN1CCC(c2cn(NC(=O)C(c3ccccc3)c3ccccc3)c3ccccc23)CC1. The number of likely N-dealkylation sites (tertiary alicyclic amines) is 1. The largest absolute Gasteiger partial charge is 0.306 e. The fourth-order valence-electron chi connectivity index (χ4n) is 4.91. The minimum absolute atomic E-state index is 0.0296. The Kier molecular flexibility index (Phi) is 5.78. The number of carbonyl (C=O) groups is 1. The van der Waals surface area contributed by atoms with Crippen LogP contribution in [-0.2, 0) is 4.79 Å². The summed E-state index contributed by atoms with van der Waals surface area (Å²) < 4.78 is 1.93. The van der Waals surface area contributed by atoms with Gasteiger partial charge in [-0.2, -0.15) is 0 Å². The van der Waals surface area contributed by atoms with E-state index in [1.54, 1.807) is 0 Å². The van der Waals surface area contributed by atoms with Crippen molar-refractivity contribution < 1.29 is 4.79 Å². The van der Waals surface area contributed by atoms with Crippen molar-refractivity contribution in [2.24, 2.45) is 0 Å². The second kappa shape index (κ2) is 9.01. The van der Waals surface area contributed by atoms with Crippen molar-refractivity contribution in [1.29, 1.82) is 0 Å². The van der Waals surface area contributed by atoms with E-state index in [0.717, 1.165) is 42.6 Å². The van der Waals surface area contributed by atoms with Crippen LogP contribution in [0, 0.1) is 0 Å². The van der Waals surface area contributed by atoms with Crippen LogP contribution in [0.1, 0.15) is 41.4 Å². The molecular weight excluding hydrogens is 394 g/mol. The molecule has 1 aliphatic heterocycles. The molecule has 5 rings (SSSR count). The lowest BCUT2D eigenvalue weighted by Gasteiger charge is -2.28. The van der Waals surface area contributed by atoms with Crippen LogP contribution in [0.3, 0.4) is 0 Å². The number of nitrogens with one attached hydrogen (secondary N) is 1. The van der Waals surface area contributed by atoms with Gasteiger partial charge in [0.25, 0.3) is 5.91 Å². The maximum absolute atomic E-state index is 13.6. The highest BCUT2D eigenvalue weighted by Crippen LogP contribution is 2.34. The van der Waals surface area contributed by atoms with Gasteiger partial charge in [0.2, 0.25) is 0 Å². The predicted molar refractivity (Wildman–Crippen MR) is 131 cm³/mol. The van der Waals surface area contributed by atoms with Crippen LogP contribution in [0.5, 0.6) is 0 Å². The first-order valence-electron chi connectivity index (χ1n) is 11.4. The van der Waals surface area contributed by atoms with Crippen molar-refractivity contribution in [2.75, 3.05) is 25.6 Å². The quantitative estimate of drug-likeness (QED) is 0.470. The number of para-hydroxylation sites is 1. The Morgan fingerprint density at radius 2 is 1.41 bits per heavy atom. The molecule has 0 saturated carbocycles. The van der Waals surface area contributed by atoms with E-state index in [0.29, 0.717) is 5.92 Å². The van der Waals surface area contributed by atoms with Gasteiger partial charge in [0.05, 0.1) is 11.4 Å². The zero-order valence-corrected chi connectivity index (χ0v) is 18.4. The predicted octanol–water partition coefficient (Wildman–Crippen LogP) is 5.35. The summed E-state index contributed by atoms with van der Waals surface area (Å²) >= 11 is 0. The van der Waals surface area contributed by atoms with Crippen LogP contribution in [0.2, 0.25) is 0 Å². The van der Waals surface area contributed by atoms with E-state index in [-0.39, 0.29) is 11.8 Å². The van der Waals surface area contributed by atoms with Crippen molar-refractivity contribution in [1.82, 2.24) is 9.58 Å². The molecule has 1 aliphatic rings. The Labute approximate surface area is 189 Å². The maximum atomic E-state index is 13.6. The molecule has 1 aromatic heterocycles. The van der Waals surface area contributed by atoms with Gasteiger partial charge in [0, 0.05) is 11.6 Å². The fourth-order valence-corrected chi connectivity index (χ4v) is 4.91. The molecule has 2 heterocycles. The van der Waals surface area contributed by atoms with E-state index in [4.69, 9.17) is 0 Å². The standard InChI is InChI=1S/C28H29N3O/c1-30-18-16-21(17-19-30)25-20-31(26-15-9-8-14-24(25)26)29-28(32)27(22-10-4-2-5-11-22)23-12-6-3-7-13-23/h2-15,20-21,27H,16-19H2,1H3,(H,29,32). The molecule has 3 aromatic carbocycles. The Hall–Kier alpha value is -3.37. The molecule has 32 heavy (non-hydrogen) atoms. The molecule has 0 radical (unpaired) electrons. The van der Waals surface area contributed by atoms with E-state index in [1.165, 1.54) is 10.9 Å². The average Bonchev–Trinajstić information content (AvgIpc) is 3.19. The second-order valence-electron chi connectivity index (χ2n) is 8.78. The lowest BCUT2D eigenvalue weighted by atomic mass is 9.89. The molecule has 1 N–H and O–H groups in total. The Morgan fingerprint density at radius 3 is 2.03 bits per heavy atom. The topological polar surface area (TPSA) is 37.3 Å². The third-order valence-corrected chi connectivity index (χ3v) is 6.66. The molecule has 0 spiro atoms. The first-order valence-corrected chi connectivity index (χ1v) is 11.4. The van der Waals surface area contributed by atoms with E-state index in [2.05, 4.69) is 41.8 Å². The number of fused-ring (bicyclic) bond motifs is 1. The molecule has 4 nitrogen and oxygen atoms in total. The number of rotatable bonds is 5. The first kappa shape index (κ1) is 20.5. The minimum atomic E-state index is -0.370. The fraction of sp³-hybridized carbons (Fsp3) is 0.250. The molecule has 1 fully saturated rings. The second-order valence-corrected chi connectivity index (χ2v) is 8.78. The highest BCUT2D eigenvalue weighted by Gasteiger charge is 2.25. The summed E-state index contributed by atoms with van der Waals surface area (Å²) in [4.78, 5) is 16.0. The van der Waals surface area contributed by atoms with Gasteiger partial charge in [-0.05, 0) is 61.7 Å². The lowest BCUT2D eigenvalue weighted by Crippen LogP contribution is -2.29. The van der Waals surface area contributed by atoms with Crippen molar-refractivity contribution in [3.05, 3.63) is 108 Å². The average molecular weight is 424 g/mol. The van der Waals surface area contributed by atoms with Crippen LogP contribution < -0.4 is 5.43 Å². The number of hydrogen-bond acceptors (Lipinski definition) is 2. The van der Waals surface area contributed by atoms with Gasteiger partial charge in [0.15, 0.2) is 0 Å². The van der Waals surface area contributed by atoms with Crippen molar-refractivity contribution >= 4 is 16.8 Å². The molecular formula is C28H29N3O. The first-order chi connectivity index (χ1) is 15.7. The van der Waals surface area contributed by atoms with Crippen LogP contribution in [0.4, 0.5) is 0 Å². The van der Waals surface area contributed by atoms with Gasteiger partial charge in [-0.15, -0.1) is 0 Å². The molecule has 4 heteroatoms. The van der Waals surface area contributed by atoms with E-state index in [1.807, 2.05) is 71.4 Å². The molecule has 0 unspecified atom stereocenters. The van der Waals surface area contributed by atoms with Gasteiger partial charge >= 0.3 is 0 Å². The van der Waals surface area contributed by atoms with Crippen molar-refractivity contribution in [2.45, 2.75) is 24.7 Å². The third kappa shape index (κ3) is 4.06. The van der Waals surface area contributed by atoms with E-state index < -0.39 is 0 Å². The summed E-state index contributed by atoms with van der Waals surface area (Å²) in [5.74, 6) is 0.122. The molecule has 162 valence electrons. The molecule has 0 aliphatic carbocycles. The van der Waals surface area contributed by atoms with Gasteiger partial charge in [-0.25, -0.2) is 0 Å². The van der Waals surface area contributed by atoms with E-state index in [9.17, 15) is 4.79 Å². The normalized spacial score (nSPS) is 15.3. The van der Waals surface area contributed by atoms with E-state index >= 15 is 0 Å². The number of carbonyl (C=O) groups excluding carboxylic acids is 1. The lowest BCUT2D eigenvalue weighted by molar-refractivity contribution is -0.117. The maximum Gasteiger partial charge on any atom is 0.250 e. The van der Waals surface area contributed by atoms with Gasteiger partial charge in [0.1, 0.15) is 0 Å². The highest BCUT2D eigenvalue weighted by atomic mass is 16.2. The summed E-state index contributed by atoms with van der Waals surface area (Å²) in [5.41, 5.74) is 7.58. The van der Waals surface area contributed by atoms with Gasteiger partial charge in [-0.1, -0.05) is 78.9 Å². The van der Waals surface area contributed by atoms with Gasteiger partial charge < -0.3 is 4.90 Å². The summed E-state index contributed by atoms with van der Waals surface area (Å²) in [6.07, 6.45) is 4.44. The zero-order chi connectivity index (χ0) is 21.9. The molecule has 1 saturated heterocycles. The molecule has 4 aromatic rings. The number of hydrogen-bond donors (Lipinski definition) is 1. The Balaban J connectivity index is 1.50. The van der Waals surface area contributed by atoms with Crippen LogP contribution in [0.15, 0.2) is 91.1 Å². The number of piperidine rings is 1. The van der Waals surface area contributed by atoms with Crippen LogP contribution in [-0.4, -0.2) is 35.6 Å². The summed E-state index contributed by atoms with van der Waals surface area (Å²) in [5, 5.41) is 1.23. The van der Waals surface area contributed by atoms with Gasteiger partial charge in [-0.3, -0.25) is 14.9 Å². The molecule has 1 amide bonds. The zero-order valence-electron chi connectivity index (χ0n) is 18.4.